The molecule has 0 aliphatic carbocycles. The van der Waals surface area contributed by atoms with Crippen molar-refractivity contribution in [1.82, 2.24) is 10.2 Å². The third-order valence-corrected chi connectivity index (χ3v) is 7.07. The van der Waals surface area contributed by atoms with E-state index in [1.54, 1.807) is 30.0 Å². The van der Waals surface area contributed by atoms with Gasteiger partial charge in [0.15, 0.2) is 11.5 Å². The van der Waals surface area contributed by atoms with Crippen molar-refractivity contribution < 1.29 is 27.5 Å². The van der Waals surface area contributed by atoms with Crippen LogP contribution in [0.4, 0.5) is 5.69 Å². The maximum Gasteiger partial charge on any atom is 0.242 e. The summed E-state index contributed by atoms with van der Waals surface area (Å²) in [5.41, 5.74) is 1.51. The van der Waals surface area contributed by atoms with Crippen LogP contribution >= 0.6 is 0 Å². The molecule has 1 atom stereocenters. The minimum atomic E-state index is -3.60. The van der Waals surface area contributed by atoms with Crippen molar-refractivity contribution >= 4 is 27.5 Å². The molecule has 1 heterocycles. The molecule has 36 heavy (non-hydrogen) atoms. The average Bonchev–Trinajstić information content (AvgIpc) is 3.29. The molecule has 1 aliphatic heterocycles. The minimum Gasteiger partial charge on any atom is -0.454 e. The summed E-state index contributed by atoms with van der Waals surface area (Å²) in [6, 6.07) is 14.0. The Labute approximate surface area is 213 Å². The van der Waals surface area contributed by atoms with Gasteiger partial charge in [0.2, 0.25) is 28.6 Å². The molecular weight excluding hydrogens is 482 g/mol. The second kappa shape index (κ2) is 12.1. The molecule has 0 fully saturated rings. The first-order valence-corrected chi connectivity index (χ1v) is 13.9. The molecule has 0 saturated carbocycles. The van der Waals surface area contributed by atoms with Gasteiger partial charge in [-0.2, -0.15) is 0 Å². The van der Waals surface area contributed by atoms with Crippen molar-refractivity contribution in [2.45, 2.75) is 52.1 Å². The Morgan fingerprint density at radius 1 is 1.00 bits per heavy atom. The zero-order chi connectivity index (χ0) is 26.3. The lowest BCUT2D eigenvalue weighted by molar-refractivity contribution is -0.140. The van der Waals surface area contributed by atoms with Crippen LogP contribution in [0.1, 0.15) is 39.2 Å². The lowest BCUT2D eigenvalue weighted by Gasteiger charge is -2.30. The fourth-order valence-corrected chi connectivity index (χ4v) is 4.98. The van der Waals surface area contributed by atoms with E-state index in [0.29, 0.717) is 36.6 Å². The van der Waals surface area contributed by atoms with Gasteiger partial charge in [-0.05, 0) is 51.3 Å². The van der Waals surface area contributed by atoms with Crippen molar-refractivity contribution in [3.05, 3.63) is 54.1 Å². The quantitative estimate of drug-likeness (QED) is 0.464. The van der Waals surface area contributed by atoms with Gasteiger partial charge in [0.1, 0.15) is 6.04 Å². The minimum absolute atomic E-state index is 0.0453. The van der Waals surface area contributed by atoms with Gasteiger partial charge in [0.25, 0.3) is 0 Å². The summed E-state index contributed by atoms with van der Waals surface area (Å²) in [6.45, 7) is 6.05. The lowest BCUT2D eigenvalue weighted by Crippen LogP contribution is -2.50. The van der Waals surface area contributed by atoms with Gasteiger partial charge in [-0.15, -0.1) is 0 Å². The van der Waals surface area contributed by atoms with E-state index in [0.717, 1.165) is 11.8 Å². The monoisotopic (exact) mass is 517 g/mol. The number of carbonyl (C=O) groups excluding carboxylic acids is 2. The molecule has 0 bridgehead atoms. The van der Waals surface area contributed by atoms with E-state index < -0.39 is 16.1 Å². The highest BCUT2D eigenvalue weighted by Gasteiger charge is 2.27. The first-order chi connectivity index (χ1) is 17.1. The highest BCUT2D eigenvalue weighted by molar-refractivity contribution is 7.92. The first-order valence-electron chi connectivity index (χ1n) is 12.1. The molecule has 196 valence electrons. The van der Waals surface area contributed by atoms with Crippen LogP contribution in [0, 0.1) is 0 Å². The molecule has 0 spiro atoms. The van der Waals surface area contributed by atoms with E-state index in [1.165, 1.54) is 4.31 Å². The van der Waals surface area contributed by atoms with Crippen LogP contribution < -0.4 is 19.1 Å². The summed E-state index contributed by atoms with van der Waals surface area (Å²) in [4.78, 5) is 27.5. The van der Waals surface area contributed by atoms with Gasteiger partial charge >= 0.3 is 0 Å². The van der Waals surface area contributed by atoms with Gasteiger partial charge in [-0.3, -0.25) is 13.9 Å². The standard InChI is InChI=1S/C26H35N3O6S/c1-19(2)27-26(31)20(3)28(16-14-21-9-6-5-7-10-21)25(30)11-8-15-29(36(4,32)33)22-12-13-23-24(17-22)35-18-34-23/h5-7,9-10,12-13,17,19-20H,8,11,14-16,18H2,1-4H3,(H,27,31). The van der Waals surface area contributed by atoms with E-state index >= 15 is 0 Å². The number of carbonyl (C=O) groups is 2. The molecular formula is C26H35N3O6S. The average molecular weight is 518 g/mol. The van der Waals surface area contributed by atoms with E-state index in [-0.39, 0.29) is 37.6 Å². The predicted octanol–water partition coefficient (Wildman–Crippen LogP) is 2.95. The zero-order valence-corrected chi connectivity index (χ0v) is 22.1. The van der Waals surface area contributed by atoms with E-state index in [2.05, 4.69) is 5.32 Å². The van der Waals surface area contributed by atoms with Crippen molar-refractivity contribution in [3.63, 3.8) is 0 Å². The van der Waals surface area contributed by atoms with Crippen LogP contribution in [-0.2, 0) is 26.0 Å². The summed E-state index contributed by atoms with van der Waals surface area (Å²) in [6.07, 6.45) is 2.13. The second-order valence-electron chi connectivity index (χ2n) is 9.14. The summed E-state index contributed by atoms with van der Waals surface area (Å²) < 4.78 is 36.9. The number of hydrogen-bond acceptors (Lipinski definition) is 6. The number of rotatable bonds is 12. The van der Waals surface area contributed by atoms with Gasteiger partial charge in [0.05, 0.1) is 11.9 Å². The number of nitrogens with zero attached hydrogens (tertiary/aromatic N) is 2. The van der Waals surface area contributed by atoms with Crippen LogP contribution in [0.25, 0.3) is 0 Å². The number of ether oxygens (including phenoxy) is 2. The molecule has 9 nitrogen and oxygen atoms in total. The Bertz CT molecular complexity index is 1150. The van der Waals surface area contributed by atoms with Crippen LogP contribution in [0.2, 0.25) is 0 Å². The molecule has 3 rings (SSSR count). The first kappa shape index (κ1) is 27.3. The van der Waals surface area contributed by atoms with Gasteiger partial charge in [0, 0.05) is 31.6 Å². The maximum atomic E-state index is 13.3. The number of fused-ring (bicyclic) bond motifs is 1. The van der Waals surface area contributed by atoms with Crippen molar-refractivity contribution in [1.29, 1.82) is 0 Å². The summed E-state index contributed by atoms with van der Waals surface area (Å²) >= 11 is 0. The van der Waals surface area contributed by atoms with Gasteiger partial charge in [-0.25, -0.2) is 8.42 Å². The molecule has 1 N–H and O–H groups in total. The van der Waals surface area contributed by atoms with Crippen molar-refractivity contribution in [3.8, 4) is 11.5 Å². The highest BCUT2D eigenvalue weighted by atomic mass is 32.2. The molecule has 0 radical (unpaired) electrons. The van der Waals surface area contributed by atoms with E-state index in [4.69, 9.17) is 9.47 Å². The molecule has 0 saturated heterocycles. The molecule has 1 unspecified atom stereocenters. The predicted molar refractivity (Wildman–Crippen MR) is 139 cm³/mol. The van der Waals surface area contributed by atoms with Crippen LogP contribution in [0.3, 0.4) is 0 Å². The summed E-state index contributed by atoms with van der Waals surface area (Å²) in [5, 5.41) is 2.87. The number of benzene rings is 2. The van der Waals surface area contributed by atoms with Gasteiger partial charge < -0.3 is 19.7 Å². The molecule has 0 aromatic heterocycles. The molecule has 1 aliphatic rings. The number of hydrogen-bond donors (Lipinski definition) is 1. The molecule has 2 amide bonds. The maximum absolute atomic E-state index is 13.3. The Hall–Kier alpha value is -3.27. The van der Waals surface area contributed by atoms with Crippen molar-refractivity contribution in [2.75, 3.05) is 30.4 Å². The molecule has 10 heteroatoms. The van der Waals surface area contributed by atoms with Crippen LogP contribution in [0.15, 0.2) is 48.5 Å². The molecule has 2 aromatic carbocycles. The Morgan fingerprint density at radius 3 is 2.36 bits per heavy atom. The topological polar surface area (TPSA) is 105 Å². The van der Waals surface area contributed by atoms with Crippen molar-refractivity contribution in [2.24, 2.45) is 0 Å². The third kappa shape index (κ3) is 7.36. The SMILES string of the molecule is CC(C)NC(=O)C(C)N(CCc1ccccc1)C(=O)CCCN(c1ccc2c(c1)OCO2)S(C)(=O)=O. The van der Waals surface area contributed by atoms with Gasteiger partial charge in [-0.1, -0.05) is 30.3 Å². The fraction of sp³-hybridized carbons (Fsp3) is 0.462. The van der Waals surface area contributed by atoms with Crippen LogP contribution in [-0.4, -0.2) is 63.4 Å². The number of sulfonamides is 1. The largest absolute Gasteiger partial charge is 0.454 e. The normalized spacial score (nSPS) is 13.4. The van der Waals surface area contributed by atoms with E-state index in [1.807, 2.05) is 44.2 Å². The highest BCUT2D eigenvalue weighted by Crippen LogP contribution is 2.36. The Balaban J connectivity index is 1.68. The fourth-order valence-electron chi connectivity index (χ4n) is 4.02. The Kier molecular flexibility index (Phi) is 9.19. The van der Waals surface area contributed by atoms with Crippen LogP contribution in [0.5, 0.6) is 11.5 Å². The smallest absolute Gasteiger partial charge is 0.242 e. The Morgan fingerprint density at radius 2 is 1.69 bits per heavy atom. The zero-order valence-electron chi connectivity index (χ0n) is 21.3. The number of nitrogens with one attached hydrogen (secondary N) is 1. The van der Waals surface area contributed by atoms with E-state index in [9.17, 15) is 18.0 Å². The third-order valence-electron chi connectivity index (χ3n) is 5.88. The number of anilines is 1. The summed E-state index contributed by atoms with van der Waals surface area (Å²) in [5.74, 6) is 0.625. The number of amides is 2. The lowest BCUT2D eigenvalue weighted by atomic mass is 10.1. The molecule has 2 aromatic rings. The summed E-state index contributed by atoms with van der Waals surface area (Å²) in [7, 11) is -3.60. The second-order valence-corrected chi connectivity index (χ2v) is 11.0.